The highest BCUT2D eigenvalue weighted by Gasteiger charge is 2.09. The summed E-state index contributed by atoms with van der Waals surface area (Å²) in [5.74, 6) is 1.89. The largest absolute Gasteiger partial charge is 0.493 e. The molecule has 2 rings (SSSR count). The zero-order valence-electron chi connectivity index (χ0n) is 15.9. The van der Waals surface area contributed by atoms with Gasteiger partial charge in [0.15, 0.2) is 17.5 Å². The summed E-state index contributed by atoms with van der Waals surface area (Å²) in [5.41, 5.74) is 1.77. The number of rotatable bonds is 7. The van der Waals surface area contributed by atoms with Crippen LogP contribution in [0.25, 0.3) is 0 Å². The van der Waals surface area contributed by atoms with Gasteiger partial charge < -0.3 is 20.1 Å². The predicted molar refractivity (Wildman–Crippen MR) is 120 cm³/mol. The van der Waals surface area contributed by atoms with Crippen LogP contribution in [0.3, 0.4) is 0 Å². The summed E-state index contributed by atoms with van der Waals surface area (Å²) < 4.78 is 33.4. The molecule has 0 saturated heterocycles. The Hall–Kier alpha value is -2.05. The number of methoxy groups -OCH3 is 2. The van der Waals surface area contributed by atoms with Crippen molar-refractivity contribution in [3.8, 4) is 11.5 Å². The van der Waals surface area contributed by atoms with Crippen molar-refractivity contribution >= 4 is 40.0 Å². The number of sulfonamides is 1. The van der Waals surface area contributed by atoms with Crippen LogP contribution in [-0.2, 0) is 23.1 Å². The van der Waals surface area contributed by atoms with E-state index in [1.54, 1.807) is 27.3 Å². The quantitative estimate of drug-likeness (QED) is 0.292. The van der Waals surface area contributed by atoms with Crippen LogP contribution in [0.15, 0.2) is 52.4 Å². The Kier molecular flexibility index (Phi) is 9.49. The van der Waals surface area contributed by atoms with Crippen molar-refractivity contribution in [2.75, 3.05) is 21.3 Å². The van der Waals surface area contributed by atoms with Crippen molar-refractivity contribution in [1.82, 2.24) is 10.6 Å². The molecule has 4 N–H and O–H groups in total. The molecule has 154 valence electrons. The van der Waals surface area contributed by atoms with Gasteiger partial charge in [0.2, 0.25) is 10.0 Å². The number of guanidine groups is 1. The molecule has 0 unspecified atom stereocenters. The molecule has 0 bridgehead atoms. The molecule has 28 heavy (non-hydrogen) atoms. The number of benzene rings is 2. The van der Waals surface area contributed by atoms with Crippen LogP contribution in [0.5, 0.6) is 11.5 Å². The maximum Gasteiger partial charge on any atom is 0.238 e. The van der Waals surface area contributed by atoms with Crippen LogP contribution in [0.1, 0.15) is 11.1 Å². The first-order valence-electron chi connectivity index (χ1n) is 8.14. The van der Waals surface area contributed by atoms with Crippen molar-refractivity contribution in [3.05, 3.63) is 53.6 Å². The number of hydrogen-bond acceptors (Lipinski definition) is 5. The third kappa shape index (κ3) is 6.84. The van der Waals surface area contributed by atoms with Gasteiger partial charge in [0.25, 0.3) is 0 Å². The van der Waals surface area contributed by atoms with Crippen molar-refractivity contribution in [2.45, 2.75) is 18.0 Å². The summed E-state index contributed by atoms with van der Waals surface area (Å²) in [6.45, 7) is 0.923. The molecule has 2 aromatic carbocycles. The standard InChI is InChI=1S/C18H24N4O4S.HI/c1-20-18(21-11-13-5-4-6-15(9-13)27(19,23)24)22-12-14-7-8-16(25-2)17(10-14)26-3;/h4-10H,11-12H2,1-3H3,(H2,19,23,24)(H2,20,21,22);1H. The molecule has 0 radical (unpaired) electrons. The van der Waals surface area contributed by atoms with Crippen LogP contribution in [-0.4, -0.2) is 35.6 Å². The molecule has 0 aliphatic rings. The van der Waals surface area contributed by atoms with Gasteiger partial charge in [0, 0.05) is 20.1 Å². The minimum atomic E-state index is -3.72. The van der Waals surface area contributed by atoms with Gasteiger partial charge in [0.1, 0.15) is 0 Å². The van der Waals surface area contributed by atoms with E-state index >= 15 is 0 Å². The van der Waals surface area contributed by atoms with E-state index < -0.39 is 10.0 Å². The van der Waals surface area contributed by atoms with E-state index in [1.165, 1.54) is 12.1 Å². The molecular weight excluding hydrogens is 495 g/mol. The van der Waals surface area contributed by atoms with Gasteiger partial charge in [0.05, 0.1) is 19.1 Å². The number of aliphatic imine (C=N–C) groups is 1. The molecule has 2 aromatic rings. The average Bonchev–Trinajstić information content (AvgIpc) is 2.67. The Balaban J connectivity index is 0.00000392. The van der Waals surface area contributed by atoms with Gasteiger partial charge in [-0.1, -0.05) is 18.2 Å². The third-order valence-electron chi connectivity index (χ3n) is 3.82. The number of nitrogens with zero attached hydrogens (tertiary/aromatic N) is 1. The molecule has 0 aromatic heterocycles. The molecule has 0 atom stereocenters. The summed E-state index contributed by atoms with van der Waals surface area (Å²) in [7, 11) is 1.11. The Morgan fingerprint density at radius 3 is 2.14 bits per heavy atom. The number of ether oxygens (including phenoxy) is 2. The lowest BCUT2D eigenvalue weighted by atomic mass is 10.2. The first-order chi connectivity index (χ1) is 12.9. The Morgan fingerprint density at radius 1 is 1.00 bits per heavy atom. The smallest absolute Gasteiger partial charge is 0.238 e. The third-order valence-corrected chi connectivity index (χ3v) is 4.73. The minimum absolute atomic E-state index is 0. The van der Waals surface area contributed by atoms with Crippen molar-refractivity contribution in [2.24, 2.45) is 10.1 Å². The molecule has 0 fully saturated rings. The highest BCUT2D eigenvalue weighted by atomic mass is 127. The highest BCUT2D eigenvalue weighted by molar-refractivity contribution is 14.0. The summed E-state index contributed by atoms with van der Waals surface area (Å²) in [4.78, 5) is 4.24. The van der Waals surface area contributed by atoms with E-state index in [2.05, 4.69) is 15.6 Å². The van der Waals surface area contributed by atoms with Gasteiger partial charge >= 0.3 is 0 Å². The molecular formula is C18H25IN4O4S. The molecule has 0 amide bonds. The molecule has 0 spiro atoms. The Morgan fingerprint density at radius 2 is 1.61 bits per heavy atom. The molecule has 0 aliphatic carbocycles. The van der Waals surface area contributed by atoms with Crippen molar-refractivity contribution < 1.29 is 17.9 Å². The molecule has 0 aliphatic heterocycles. The summed E-state index contributed by atoms with van der Waals surface area (Å²) in [6.07, 6.45) is 0. The van der Waals surface area contributed by atoms with E-state index in [-0.39, 0.29) is 28.9 Å². The maximum absolute atomic E-state index is 11.4. The molecule has 8 nitrogen and oxygen atoms in total. The zero-order valence-corrected chi connectivity index (χ0v) is 19.1. The predicted octanol–water partition coefficient (Wildman–Crippen LogP) is 1.83. The summed E-state index contributed by atoms with van der Waals surface area (Å²) >= 11 is 0. The van der Waals surface area contributed by atoms with E-state index in [0.717, 1.165) is 11.1 Å². The normalized spacial score (nSPS) is 11.4. The topological polar surface area (TPSA) is 115 Å². The average molecular weight is 520 g/mol. The fourth-order valence-corrected chi connectivity index (χ4v) is 3.00. The zero-order chi connectivity index (χ0) is 19.9. The lowest BCUT2D eigenvalue weighted by Crippen LogP contribution is -2.36. The van der Waals surface area contributed by atoms with Gasteiger partial charge in [-0.15, -0.1) is 24.0 Å². The summed E-state index contributed by atoms with van der Waals surface area (Å²) in [6, 6.07) is 12.1. The van der Waals surface area contributed by atoms with Gasteiger partial charge in [-0.05, 0) is 35.4 Å². The van der Waals surface area contributed by atoms with Crippen LogP contribution in [0, 0.1) is 0 Å². The van der Waals surface area contributed by atoms with Crippen LogP contribution < -0.4 is 25.2 Å². The van der Waals surface area contributed by atoms with Crippen LogP contribution in [0.2, 0.25) is 0 Å². The lowest BCUT2D eigenvalue weighted by molar-refractivity contribution is 0.354. The monoisotopic (exact) mass is 520 g/mol. The first-order valence-corrected chi connectivity index (χ1v) is 9.69. The van der Waals surface area contributed by atoms with Crippen LogP contribution >= 0.6 is 24.0 Å². The fraction of sp³-hybridized carbons (Fsp3) is 0.278. The number of hydrogen-bond donors (Lipinski definition) is 3. The number of nitrogens with two attached hydrogens (primary N) is 1. The van der Waals surface area contributed by atoms with E-state index in [4.69, 9.17) is 14.6 Å². The Bertz CT molecular complexity index is 920. The fourth-order valence-electron chi connectivity index (χ4n) is 2.42. The molecule has 0 heterocycles. The first kappa shape index (κ1) is 24.0. The minimum Gasteiger partial charge on any atom is -0.493 e. The lowest BCUT2D eigenvalue weighted by Gasteiger charge is -2.14. The Labute approximate surface area is 182 Å². The second-order valence-corrected chi connectivity index (χ2v) is 7.22. The second-order valence-electron chi connectivity index (χ2n) is 5.66. The number of halogens is 1. The van der Waals surface area contributed by atoms with Gasteiger partial charge in [-0.25, -0.2) is 13.6 Å². The second kappa shape index (κ2) is 11.1. The summed E-state index contributed by atoms with van der Waals surface area (Å²) in [5, 5.41) is 11.5. The van der Waals surface area contributed by atoms with Crippen molar-refractivity contribution in [1.29, 1.82) is 0 Å². The SMILES string of the molecule is CN=C(NCc1cccc(S(N)(=O)=O)c1)NCc1ccc(OC)c(OC)c1.I. The van der Waals surface area contributed by atoms with Gasteiger partial charge in [-0.2, -0.15) is 0 Å². The highest BCUT2D eigenvalue weighted by Crippen LogP contribution is 2.27. The molecule has 10 heteroatoms. The van der Waals surface area contributed by atoms with Gasteiger partial charge in [-0.3, -0.25) is 4.99 Å². The van der Waals surface area contributed by atoms with E-state index in [9.17, 15) is 8.42 Å². The molecule has 0 saturated carbocycles. The van der Waals surface area contributed by atoms with E-state index in [1.807, 2.05) is 24.3 Å². The number of primary sulfonamides is 1. The van der Waals surface area contributed by atoms with Crippen molar-refractivity contribution in [3.63, 3.8) is 0 Å². The maximum atomic E-state index is 11.4. The van der Waals surface area contributed by atoms with E-state index in [0.29, 0.717) is 30.5 Å². The number of nitrogens with one attached hydrogen (secondary N) is 2. The van der Waals surface area contributed by atoms with Crippen LogP contribution in [0.4, 0.5) is 0 Å².